The van der Waals surface area contributed by atoms with Gasteiger partial charge in [-0.1, -0.05) is 20.8 Å². The Labute approximate surface area is 78.3 Å². The van der Waals surface area contributed by atoms with Gasteiger partial charge in [-0.2, -0.15) is 0 Å². The number of ketones is 1. The quantitative estimate of drug-likeness (QED) is 0.680. The van der Waals surface area contributed by atoms with E-state index in [9.17, 15) is 4.79 Å². The summed E-state index contributed by atoms with van der Waals surface area (Å²) in [6.07, 6.45) is 1.72. The average Bonchev–Trinajstić information content (AvgIpc) is 2.48. The second kappa shape index (κ2) is 3.34. The summed E-state index contributed by atoms with van der Waals surface area (Å²) in [6, 6.07) is 1.81. The molecule has 0 saturated carbocycles. The standard InChI is InChI=1S/C10H16N2O/c1-10(2,3)9(13)7-4-8(5-11)12-6-7/h4,6,12H,5,11H2,1-3H3. The first-order valence-electron chi connectivity index (χ1n) is 4.37. The third-order valence-corrected chi connectivity index (χ3v) is 1.91. The first kappa shape index (κ1) is 9.99. The smallest absolute Gasteiger partial charge is 0.169 e. The van der Waals surface area contributed by atoms with Crippen LogP contribution < -0.4 is 5.73 Å². The highest BCUT2D eigenvalue weighted by Gasteiger charge is 2.23. The molecule has 13 heavy (non-hydrogen) atoms. The van der Waals surface area contributed by atoms with Crippen LogP contribution in [0.5, 0.6) is 0 Å². The van der Waals surface area contributed by atoms with Crippen LogP contribution in [0.25, 0.3) is 0 Å². The Hall–Kier alpha value is -1.09. The van der Waals surface area contributed by atoms with Crippen molar-refractivity contribution in [3.8, 4) is 0 Å². The number of carbonyl (C=O) groups excluding carboxylic acids is 1. The summed E-state index contributed by atoms with van der Waals surface area (Å²) in [5.74, 6) is 0.142. The summed E-state index contributed by atoms with van der Waals surface area (Å²) in [5.41, 5.74) is 6.72. The van der Waals surface area contributed by atoms with E-state index in [0.29, 0.717) is 12.1 Å². The summed E-state index contributed by atoms with van der Waals surface area (Å²) in [7, 11) is 0. The highest BCUT2D eigenvalue weighted by molar-refractivity contribution is 5.99. The highest BCUT2D eigenvalue weighted by Crippen LogP contribution is 2.20. The number of carbonyl (C=O) groups is 1. The second-order valence-corrected chi connectivity index (χ2v) is 4.20. The molecule has 0 amide bonds. The lowest BCUT2D eigenvalue weighted by Gasteiger charge is -2.14. The minimum atomic E-state index is -0.325. The van der Waals surface area contributed by atoms with E-state index >= 15 is 0 Å². The zero-order valence-electron chi connectivity index (χ0n) is 8.35. The summed E-state index contributed by atoms with van der Waals surface area (Å²) in [4.78, 5) is 14.7. The number of Topliss-reactive ketones (excluding diaryl/α,β-unsaturated/α-hetero) is 1. The van der Waals surface area contributed by atoms with Gasteiger partial charge in [0.15, 0.2) is 5.78 Å². The van der Waals surface area contributed by atoms with E-state index in [4.69, 9.17) is 5.73 Å². The molecule has 1 aromatic rings. The van der Waals surface area contributed by atoms with Crippen molar-refractivity contribution in [2.75, 3.05) is 0 Å². The largest absolute Gasteiger partial charge is 0.363 e. The number of aromatic nitrogens is 1. The van der Waals surface area contributed by atoms with Crippen LogP contribution in [0.4, 0.5) is 0 Å². The molecule has 0 radical (unpaired) electrons. The molecule has 0 atom stereocenters. The van der Waals surface area contributed by atoms with Gasteiger partial charge in [-0.25, -0.2) is 0 Å². The van der Waals surface area contributed by atoms with Crippen LogP contribution in [0, 0.1) is 5.41 Å². The first-order valence-corrected chi connectivity index (χ1v) is 4.37. The van der Waals surface area contributed by atoms with E-state index in [1.165, 1.54) is 0 Å². The average molecular weight is 180 g/mol. The minimum Gasteiger partial charge on any atom is -0.363 e. The molecule has 0 bridgehead atoms. The normalized spacial score (nSPS) is 11.7. The monoisotopic (exact) mass is 180 g/mol. The number of nitrogens with two attached hydrogens (primary N) is 1. The van der Waals surface area contributed by atoms with Gasteiger partial charge in [-0.3, -0.25) is 4.79 Å². The van der Waals surface area contributed by atoms with E-state index in [1.807, 2.05) is 26.8 Å². The van der Waals surface area contributed by atoms with Crippen molar-refractivity contribution in [1.29, 1.82) is 0 Å². The van der Waals surface area contributed by atoms with Gasteiger partial charge in [0.1, 0.15) is 0 Å². The molecule has 0 aromatic carbocycles. The van der Waals surface area contributed by atoms with Gasteiger partial charge >= 0.3 is 0 Å². The zero-order valence-corrected chi connectivity index (χ0v) is 8.35. The Morgan fingerprint density at radius 1 is 1.54 bits per heavy atom. The fraction of sp³-hybridized carbons (Fsp3) is 0.500. The summed E-state index contributed by atoms with van der Waals surface area (Å²) in [5, 5.41) is 0. The Morgan fingerprint density at radius 2 is 2.15 bits per heavy atom. The molecule has 3 heteroatoms. The van der Waals surface area contributed by atoms with Crippen LogP contribution in [0.15, 0.2) is 12.3 Å². The Morgan fingerprint density at radius 3 is 2.54 bits per heavy atom. The van der Waals surface area contributed by atoms with Crippen molar-refractivity contribution in [3.63, 3.8) is 0 Å². The Balaban J connectivity index is 2.90. The van der Waals surface area contributed by atoms with E-state index in [1.54, 1.807) is 6.20 Å². The van der Waals surface area contributed by atoms with Gasteiger partial charge in [0.25, 0.3) is 0 Å². The fourth-order valence-electron chi connectivity index (χ4n) is 1.12. The Kier molecular flexibility index (Phi) is 2.57. The molecule has 0 fully saturated rings. The Bertz CT molecular complexity index is 307. The minimum absolute atomic E-state index is 0.142. The predicted octanol–water partition coefficient (Wildman–Crippen LogP) is 1.70. The summed E-state index contributed by atoms with van der Waals surface area (Å²) in [6.45, 7) is 6.16. The molecule has 0 unspecified atom stereocenters. The van der Waals surface area contributed by atoms with Gasteiger partial charge in [0, 0.05) is 29.4 Å². The van der Waals surface area contributed by atoms with Crippen molar-refractivity contribution < 1.29 is 4.79 Å². The number of H-pyrrole nitrogens is 1. The molecule has 1 aromatic heterocycles. The van der Waals surface area contributed by atoms with Crippen LogP contribution >= 0.6 is 0 Å². The van der Waals surface area contributed by atoms with Gasteiger partial charge in [-0.15, -0.1) is 0 Å². The lowest BCUT2D eigenvalue weighted by Crippen LogP contribution is -2.19. The molecular weight excluding hydrogens is 164 g/mol. The van der Waals surface area contributed by atoms with Crippen LogP contribution in [0.1, 0.15) is 36.8 Å². The first-order chi connectivity index (χ1) is 5.95. The SMILES string of the molecule is CC(C)(C)C(=O)c1c[nH]c(CN)c1. The van der Waals surface area contributed by atoms with Crippen molar-refractivity contribution in [1.82, 2.24) is 4.98 Å². The van der Waals surface area contributed by atoms with E-state index in [0.717, 1.165) is 5.69 Å². The maximum atomic E-state index is 11.7. The molecular formula is C10H16N2O. The van der Waals surface area contributed by atoms with E-state index < -0.39 is 0 Å². The number of aromatic amines is 1. The number of hydrogen-bond donors (Lipinski definition) is 2. The molecule has 0 aliphatic rings. The van der Waals surface area contributed by atoms with Crippen molar-refractivity contribution >= 4 is 5.78 Å². The zero-order chi connectivity index (χ0) is 10.1. The molecule has 1 rings (SSSR count). The van der Waals surface area contributed by atoms with E-state index in [2.05, 4.69) is 4.98 Å². The maximum absolute atomic E-state index is 11.7. The highest BCUT2D eigenvalue weighted by atomic mass is 16.1. The molecule has 1 heterocycles. The van der Waals surface area contributed by atoms with Crippen LogP contribution in [-0.4, -0.2) is 10.8 Å². The van der Waals surface area contributed by atoms with Crippen LogP contribution in [0.2, 0.25) is 0 Å². The van der Waals surface area contributed by atoms with Gasteiger partial charge < -0.3 is 10.7 Å². The van der Waals surface area contributed by atoms with E-state index in [-0.39, 0.29) is 11.2 Å². The molecule has 72 valence electrons. The molecule has 0 aliphatic heterocycles. The third kappa shape index (κ3) is 2.18. The fourth-order valence-corrected chi connectivity index (χ4v) is 1.12. The van der Waals surface area contributed by atoms with Gasteiger partial charge in [0.2, 0.25) is 0 Å². The summed E-state index contributed by atoms with van der Waals surface area (Å²) >= 11 is 0. The summed E-state index contributed by atoms with van der Waals surface area (Å²) < 4.78 is 0. The third-order valence-electron chi connectivity index (χ3n) is 1.91. The van der Waals surface area contributed by atoms with Crippen molar-refractivity contribution in [3.05, 3.63) is 23.5 Å². The molecule has 0 aliphatic carbocycles. The van der Waals surface area contributed by atoms with Crippen molar-refractivity contribution in [2.24, 2.45) is 11.1 Å². The van der Waals surface area contributed by atoms with Crippen LogP contribution in [0.3, 0.4) is 0 Å². The molecule has 0 saturated heterocycles. The number of nitrogens with one attached hydrogen (secondary N) is 1. The van der Waals surface area contributed by atoms with Gasteiger partial charge in [-0.05, 0) is 6.07 Å². The number of hydrogen-bond acceptors (Lipinski definition) is 2. The molecule has 3 nitrogen and oxygen atoms in total. The van der Waals surface area contributed by atoms with Crippen molar-refractivity contribution in [2.45, 2.75) is 27.3 Å². The second-order valence-electron chi connectivity index (χ2n) is 4.20. The maximum Gasteiger partial charge on any atom is 0.169 e. The predicted molar refractivity (Wildman–Crippen MR) is 52.5 cm³/mol. The van der Waals surface area contributed by atoms with Crippen LogP contribution in [-0.2, 0) is 6.54 Å². The topological polar surface area (TPSA) is 58.9 Å². The molecule has 0 spiro atoms. The molecule has 3 N–H and O–H groups in total. The lowest BCUT2D eigenvalue weighted by atomic mass is 9.87. The number of rotatable bonds is 2. The lowest BCUT2D eigenvalue weighted by molar-refractivity contribution is 0.0858. The van der Waals surface area contributed by atoms with Gasteiger partial charge in [0.05, 0.1) is 0 Å².